The molecule has 1 aromatic rings. The Morgan fingerprint density at radius 3 is 2.44 bits per heavy atom. The molecule has 18 heavy (non-hydrogen) atoms. The number of amides is 1. The molecule has 5 heteroatoms. The van der Waals surface area contributed by atoms with Crippen molar-refractivity contribution in [3.8, 4) is 0 Å². The van der Waals surface area contributed by atoms with Gasteiger partial charge in [0, 0.05) is 12.7 Å². The van der Waals surface area contributed by atoms with Crippen molar-refractivity contribution in [3.05, 3.63) is 29.6 Å². The second kappa shape index (κ2) is 4.08. The number of rotatable bonds is 3. The third-order valence-electron chi connectivity index (χ3n) is 3.40. The van der Waals surface area contributed by atoms with E-state index in [2.05, 4.69) is 0 Å². The minimum Gasteiger partial charge on any atom is -0.480 e. The van der Waals surface area contributed by atoms with Gasteiger partial charge in [-0.2, -0.15) is 0 Å². The van der Waals surface area contributed by atoms with Gasteiger partial charge < -0.3 is 10.0 Å². The fourth-order valence-corrected chi connectivity index (χ4v) is 1.92. The molecular formula is C13H14FNO3. The predicted molar refractivity (Wildman–Crippen MR) is 63.8 cm³/mol. The van der Waals surface area contributed by atoms with Gasteiger partial charge in [-0.25, -0.2) is 4.39 Å². The summed E-state index contributed by atoms with van der Waals surface area (Å²) in [5.74, 6) is -1.88. The quantitative estimate of drug-likeness (QED) is 0.835. The number of hydrogen-bond acceptors (Lipinski definition) is 2. The molecule has 0 atom stereocenters. The SMILES string of the molecule is Cc1cc(N(C)C(=O)C2(C(=O)O)CC2)ccc1F. The molecule has 0 heterocycles. The van der Waals surface area contributed by atoms with E-state index in [1.54, 1.807) is 6.92 Å². The van der Waals surface area contributed by atoms with Crippen LogP contribution in [-0.2, 0) is 9.59 Å². The van der Waals surface area contributed by atoms with Crippen LogP contribution in [0.5, 0.6) is 0 Å². The van der Waals surface area contributed by atoms with E-state index in [0.29, 0.717) is 24.1 Å². The first-order chi connectivity index (χ1) is 8.38. The normalized spacial score (nSPS) is 16.2. The first kappa shape index (κ1) is 12.5. The maximum atomic E-state index is 13.1. The van der Waals surface area contributed by atoms with Crippen LogP contribution < -0.4 is 4.90 Å². The fourth-order valence-electron chi connectivity index (χ4n) is 1.92. The molecule has 1 aliphatic carbocycles. The van der Waals surface area contributed by atoms with E-state index in [0.717, 1.165) is 0 Å². The van der Waals surface area contributed by atoms with Crippen molar-refractivity contribution in [3.63, 3.8) is 0 Å². The van der Waals surface area contributed by atoms with Gasteiger partial charge in [-0.15, -0.1) is 0 Å². The topological polar surface area (TPSA) is 57.6 Å². The number of aliphatic carboxylic acids is 1. The highest BCUT2D eigenvalue weighted by atomic mass is 19.1. The van der Waals surface area contributed by atoms with Gasteiger partial charge in [0.1, 0.15) is 11.2 Å². The Kier molecular flexibility index (Phi) is 2.84. The Balaban J connectivity index is 2.26. The van der Waals surface area contributed by atoms with Crippen molar-refractivity contribution < 1.29 is 19.1 Å². The second-order valence-corrected chi connectivity index (χ2v) is 4.68. The smallest absolute Gasteiger partial charge is 0.319 e. The molecule has 1 fully saturated rings. The summed E-state index contributed by atoms with van der Waals surface area (Å²) in [6, 6.07) is 4.28. The highest BCUT2D eigenvalue weighted by Crippen LogP contribution is 2.47. The van der Waals surface area contributed by atoms with Crippen LogP contribution in [0.1, 0.15) is 18.4 Å². The van der Waals surface area contributed by atoms with Crippen LogP contribution in [0.2, 0.25) is 0 Å². The molecule has 0 radical (unpaired) electrons. The molecule has 0 saturated heterocycles. The molecule has 4 nitrogen and oxygen atoms in total. The predicted octanol–water partition coefficient (Wildman–Crippen LogP) is 1.96. The van der Waals surface area contributed by atoms with Gasteiger partial charge in [0.2, 0.25) is 5.91 Å². The fraction of sp³-hybridized carbons (Fsp3) is 0.385. The van der Waals surface area contributed by atoms with Gasteiger partial charge in [-0.3, -0.25) is 9.59 Å². The summed E-state index contributed by atoms with van der Waals surface area (Å²) >= 11 is 0. The maximum Gasteiger partial charge on any atom is 0.319 e. The molecular weight excluding hydrogens is 237 g/mol. The summed E-state index contributed by atoms with van der Waals surface area (Å²) in [4.78, 5) is 24.5. The first-order valence-corrected chi connectivity index (χ1v) is 5.66. The summed E-state index contributed by atoms with van der Waals surface area (Å²) in [5.41, 5.74) is -0.337. The molecule has 0 aromatic heterocycles. The van der Waals surface area contributed by atoms with E-state index in [-0.39, 0.29) is 5.82 Å². The van der Waals surface area contributed by atoms with Crippen LogP contribution in [0.25, 0.3) is 0 Å². The number of aryl methyl sites for hydroxylation is 1. The van der Waals surface area contributed by atoms with Crippen molar-refractivity contribution in [2.45, 2.75) is 19.8 Å². The maximum absolute atomic E-state index is 13.1. The summed E-state index contributed by atoms with van der Waals surface area (Å²) < 4.78 is 13.1. The minimum absolute atomic E-state index is 0.348. The summed E-state index contributed by atoms with van der Waals surface area (Å²) in [6.45, 7) is 1.60. The lowest BCUT2D eigenvalue weighted by atomic mass is 10.1. The third kappa shape index (κ3) is 1.85. The van der Waals surface area contributed by atoms with Crippen molar-refractivity contribution in [1.29, 1.82) is 0 Å². The lowest BCUT2D eigenvalue weighted by Crippen LogP contribution is -2.38. The summed E-state index contributed by atoms with van der Waals surface area (Å²) in [6.07, 6.45) is 0.733. The zero-order valence-electron chi connectivity index (χ0n) is 10.2. The van der Waals surface area contributed by atoms with Gasteiger partial charge in [0.05, 0.1) is 0 Å². The van der Waals surface area contributed by atoms with Crippen LogP contribution in [0.15, 0.2) is 18.2 Å². The monoisotopic (exact) mass is 251 g/mol. The van der Waals surface area contributed by atoms with E-state index in [4.69, 9.17) is 5.11 Å². The van der Waals surface area contributed by atoms with Crippen LogP contribution in [0, 0.1) is 18.2 Å². The molecule has 1 N–H and O–H groups in total. The van der Waals surface area contributed by atoms with Crippen molar-refractivity contribution in [2.24, 2.45) is 5.41 Å². The van der Waals surface area contributed by atoms with Crippen LogP contribution in [0.3, 0.4) is 0 Å². The van der Waals surface area contributed by atoms with Crippen molar-refractivity contribution >= 4 is 17.6 Å². The van der Waals surface area contributed by atoms with Crippen molar-refractivity contribution in [2.75, 3.05) is 11.9 Å². The molecule has 1 aliphatic rings. The van der Waals surface area contributed by atoms with Gasteiger partial charge in [0.15, 0.2) is 0 Å². The molecule has 0 aliphatic heterocycles. The van der Waals surface area contributed by atoms with E-state index >= 15 is 0 Å². The van der Waals surface area contributed by atoms with Gasteiger partial charge in [-0.05, 0) is 43.5 Å². The standard InChI is InChI=1S/C13H14FNO3/c1-8-7-9(3-4-10(8)14)15(2)11(16)13(5-6-13)12(17)18/h3-4,7H,5-6H2,1-2H3,(H,17,18). The number of benzene rings is 1. The molecule has 96 valence electrons. The average molecular weight is 251 g/mol. The number of nitrogens with zero attached hydrogens (tertiary/aromatic N) is 1. The van der Waals surface area contributed by atoms with Crippen LogP contribution >= 0.6 is 0 Å². The van der Waals surface area contributed by atoms with Gasteiger partial charge in [-0.1, -0.05) is 0 Å². The van der Waals surface area contributed by atoms with Crippen LogP contribution in [-0.4, -0.2) is 24.0 Å². The molecule has 2 rings (SSSR count). The number of halogens is 1. The Morgan fingerprint density at radius 2 is 2.00 bits per heavy atom. The van der Waals surface area contributed by atoms with Gasteiger partial charge >= 0.3 is 5.97 Å². The Bertz CT molecular complexity index is 523. The third-order valence-corrected chi connectivity index (χ3v) is 3.40. The minimum atomic E-state index is -1.27. The average Bonchev–Trinajstić information content (AvgIpc) is 3.12. The zero-order valence-corrected chi connectivity index (χ0v) is 10.2. The highest BCUT2D eigenvalue weighted by Gasteiger charge is 2.58. The molecule has 0 unspecified atom stereocenters. The summed E-state index contributed by atoms with van der Waals surface area (Å²) in [7, 11) is 1.51. The Morgan fingerprint density at radius 1 is 1.39 bits per heavy atom. The lowest BCUT2D eigenvalue weighted by Gasteiger charge is -2.21. The largest absolute Gasteiger partial charge is 0.480 e. The number of carboxylic acids is 1. The summed E-state index contributed by atoms with van der Waals surface area (Å²) in [5, 5.41) is 9.06. The Hall–Kier alpha value is -1.91. The number of anilines is 1. The van der Waals surface area contributed by atoms with E-state index in [9.17, 15) is 14.0 Å². The highest BCUT2D eigenvalue weighted by molar-refractivity contribution is 6.11. The van der Waals surface area contributed by atoms with E-state index in [1.807, 2.05) is 0 Å². The number of carboxylic acid groups (broad SMARTS) is 1. The Labute approximate surface area is 104 Å². The first-order valence-electron chi connectivity index (χ1n) is 5.66. The number of carbonyl (C=O) groups excluding carboxylic acids is 1. The molecule has 0 spiro atoms. The molecule has 1 amide bonds. The van der Waals surface area contributed by atoms with Crippen LogP contribution in [0.4, 0.5) is 10.1 Å². The van der Waals surface area contributed by atoms with Gasteiger partial charge in [0.25, 0.3) is 0 Å². The van der Waals surface area contributed by atoms with Crippen molar-refractivity contribution in [1.82, 2.24) is 0 Å². The molecule has 0 bridgehead atoms. The molecule has 1 aromatic carbocycles. The van der Waals surface area contributed by atoms with E-state index in [1.165, 1.54) is 30.1 Å². The van der Waals surface area contributed by atoms with E-state index < -0.39 is 17.3 Å². The number of hydrogen-bond donors (Lipinski definition) is 1. The lowest BCUT2D eigenvalue weighted by molar-refractivity contribution is -0.148. The zero-order chi connectivity index (χ0) is 13.5. The number of carbonyl (C=O) groups is 2. The molecule has 1 saturated carbocycles. The second-order valence-electron chi connectivity index (χ2n) is 4.68.